The average Bonchev–Trinajstić information content (AvgIpc) is 2.66. The predicted octanol–water partition coefficient (Wildman–Crippen LogP) is 9.00. The fraction of sp³-hybridized carbons (Fsp3) is 0.857. The van der Waals surface area contributed by atoms with Crippen molar-refractivity contribution in [3.63, 3.8) is 0 Å². The molecule has 0 atom stereocenters. The lowest BCUT2D eigenvalue weighted by atomic mass is 10.00. The Balaban J connectivity index is 6.52. The summed E-state index contributed by atoms with van der Waals surface area (Å²) in [7, 11) is -19.0. The van der Waals surface area contributed by atoms with Crippen LogP contribution in [0, 0.1) is 0 Å². The molecule has 0 unspecified atom stereocenters. The van der Waals surface area contributed by atoms with Gasteiger partial charge in [0.05, 0.1) is 0 Å². The van der Waals surface area contributed by atoms with Crippen LogP contribution in [-0.4, -0.2) is 89.7 Å². The Morgan fingerprint density at radius 2 is 0.565 bits per heavy atom. The highest BCUT2D eigenvalue weighted by Crippen LogP contribution is 2.34. The second kappa shape index (κ2) is 16.9. The van der Waals surface area contributed by atoms with E-state index in [1.165, 1.54) is 0 Å². The van der Waals surface area contributed by atoms with Crippen LogP contribution in [0.4, 0.5) is 0 Å². The van der Waals surface area contributed by atoms with Gasteiger partial charge in [-0.2, -0.15) is 0 Å². The van der Waals surface area contributed by atoms with Crippen molar-refractivity contribution in [2.24, 2.45) is 0 Å². The van der Waals surface area contributed by atoms with Crippen LogP contribution in [0.2, 0.25) is 130 Å². The molecule has 0 aliphatic rings. The van der Waals surface area contributed by atoms with Gasteiger partial charge in [-0.1, -0.05) is 0 Å². The summed E-state index contributed by atoms with van der Waals surface area (Å²) in [5.41, 5.74) is -0.167. The van der Waals surface area contributed by atoms with Gasteiger partial charge in [0.1, 0.15) is 0 Å². The number of aliphatic carboxylic acids is 2. The van der Waals surface area contributed by atoms with E-state index in [1.54, 1.807) is 0 Å². The van der Waals surface area contributed by atoms with Crippen molar-refractivity contribution in [2.75, 3.05) is 0 Å². The molecule has 0 aliphatic carbocycles. The molecule has 0 radical (unpaired) electrons. The van der Waals surface area contributed by atoms with Gasteiger partial charge in [0, 0.05) is 23.2 Å². The normalized spacial score (nSPS) is 15.2. The molecule has 18 heteroatoms. The molecule has 0 amide bonds. The molecule has 0 aromatic heterocycles. The minimum absolute atomic E-state index is 0.0790. The monoisotopic (exact) mass is 788 g/mol. The standard InChI is InChI=1S/C28H68O10Si8/c1-39(2,3)33-45(34-40(4,5)6,35-41(7,8)9)23-19-21-25(27(29)30)26(28(31)32)22-20-24-46(36-42(10,11)12,37-43(13,14)15)38-44(16,17)18/h19-24H2,1-18H3,(H,29,30)(H,31,32). The maximum atomic E-state index is 12.6. The molecule has 0 rings (SSSR count). The van der Waals surface area contributed by atoms with E-state index >= 15 is 0 Å². The number of hydrogen-bond donors (Lipinski definition) is 2. The van der Waals surface area contributed by atoms with Gasteiger partial charge in [-0.15, -0.1) is 0 Å². The van der Waals surface area contributed by atoms with Crippen LogP contribution in [0.1, 0.15) is 25.7 Å². The van der Waals surface area contributed by atoms with E-state index in [9.17, 15) is 19.8 Å². The molecule has 0 saturated heterocycles. The number of carboxylic acid groups (broad SMARTS) is 2. The highest BCUT2D eigenvalue weighted by Gasteiger charge is 2.51. The van der Waals surface area contributed by atoms with Crippen LogP contribution < -0.4 is 0 Å². The van der Waals surface area contributed by atoms with Gasteiger partial charge in [0.25, 0.3) is 0 Å². The summed E-state index contributed by atoms with van der Waals surface area (Å²) in [5, 5.41) is 20.5. The van der Waals surface area contributed by atoms with Gasteiger partial charge in [-0.05, 0) is 144 Å². The summed E-state index contributed by atoms with van der Waals surface area (Å²) in [6, 6.07) is 0.868. The van der Waals surface area contributed by atoms with E-state index in [0.29, 0.717) is 24.9 Å². The highest BCUT2D eigenvalue weighted by molar-refractivity contribution is 6.91. The van der Waals surface area contributed by atoms with Crippen molar-refractivity contribution >= 4 is 79.5 Å². The number of hydrogen-bond acceptors (Lipinski definition) is 8. The van der Waals surface area contributed by atoms with E-state index in [-0.39, 0.29) is 24.0 Å². The molecule has 0 aromatic carbocycles. The maximum absolute atomic E-state index is 12.6. The zero-order valence-electron chi connectivity index (χ0n) is 32.4. The largest absolute Gasteiger partial charge is 0.478 e. The molecular weight excluding hydrogens is 721 g/mol. The summed E-state index contributed by atoms with van der Waals surface area (Å²) in [6.07, 6.45) is 0.934. The molecular formula is C28H68O10Si8. The Morgan fingerprint density at radius 1 is 0.391 bits per heavy atom. The molecule has 2 N–H and O–H groups in total. The molecule has 0 spiro atoms. The molecule has 0 bridgehead atoms. The minimum atomic E-state index is -3.19. The molecule has 0 fully saturated rings. The highest BCUT2D eigenvalue weighted by atomic mass is 28.5. The number of carboxylic acids is 2. The second-order valence-electron chi connectivity index (χ2n) is 17.9. The molecule has 0 saturated carbocycles. The third-order valence-electron chi connectivity index (χ3n) is 5.47. The first-order valence-corrected chi connectivity index (χ1v) is 40.8. The van der Waals surface area contributed by atoms with E-state index < -0.39 is 79.5 Å². The van der Waals surface area contributed by atoms with Crippen molar-refractivity contribution in [2.45, 2.75) is 156 Å². The van der Waals surface area contributed by atoms with Crippen molar-refractivity contribution in [1.82, 2.24) is 0 Å². The van der Waals surface area contributed by atoms with Crippen molar-refractivity contribution in [1.29, 1.82) is 0 Å². The topological polar surface area (TPSA) is 130 Å². The average molecular weight is 790 g/mol. The smallest absolute Gasteiger partial charge is 0.469 e. The Bertz CT molecular complexity index is 880. The summed E-state index contributed by atoms with van der Waals surface area (Å²) >= 11 is 0. The molecule has 0 heterocycles. The third-order valence-corrected chi connectivity index (χ3v) is 29.6. The van der Waals surface area contributed by atoms with Crippen LogP contribution in [0.25, 0.3) is 0 Å². The fourth-order valence-electron chi connectivity index (χ4n) is 4.97. The van der Waals surface area contributed by atoms with Gasteiger partial charge in [-0.3, -0.25) is 0 Å². The summed E-state index contributed by atoms with van der Waals surface area (Å²) in [6.45, 7) is 37.9. The Labute approximate surface area is 289 Å². The zero-order valence-corrected chi connectivity index (χ0v) is 40.4. The van der Waals surface area contributed by atoms with Gasteiger partial charge >= 0.3 is 29.5 Å². The van der Waals surface area contributed by atoms with Gasteiger partial charge < -0.3 is 34.9 Å². The van der Waals surface area contributed by atoms with Crippen molar-refractivity contribution < 1.29 is 44.5 Å². The lowest BCUT2D eigenvalue weighted by Crippen LogP contribution is -2.60. The van der Waals surface area contributed by atoms with Crippen LogP contribution >= 0.6 is 0 Å². The van der Waals surface area contributed by atoms with Crippen molar-refractivity contribution in [3.05, 3.63) is 11.1 Å². The van der Waals surface area contributed by atoms with E-state index in [0.717, 1.165) is 0 Å². The van der Waals surface area contributed by atoms with E-state index in [2.05, 4.69) is 118 Å². The maximum Gasteiger partial charge on any atom is 0.469 e. The minimum Gasteiger partial charge on any atom is -0.478 e. The van der Waals surface area contributed by atoms with Crippen LogP contribution in [0.3, 0.4) is 0 Å². The zero-order chi connectivity index (χ0) is 36.8. The van der Waals surface area contributed by atoms with Crippen LogP contribution in [0.15, 0.2) is 11.1 Å². The van der Waals surface area contributed by atoms with E-state index in [4.69, 9.17) is 24.7 Å². The molecule has 10 nitrogen and oxygen atoms in total. The lowest BCUT2D eigenvalue weighted by Gasteiger charge is -2.43. The fourth-order valence-corrected chi connectivity index (χ4v) is 34.3. The summed E-state index contributed by atoms with van der Waals surface area (Å²) in [4.78, 5) is 25.2. The Hall–Kier alpha value is 0.175. The number of carbonyl (C=O) groups is 2. The van der Waals surface area contributed by atoms with Gasteiger partial charge in [0.15, 0.2) is 49.9 Å². The Kier molecular flexibility index (Phi) is 17.0. The van der Waals surface area contributed by atoms with Crippen molar-refractivity contribution in [3.8, 4) is 0 Å². The summed E-state index contributed by atoms with van der Waals surface area (Å²) in [5.74, 6) is -2.43. The second-order valence-corrected chi connectivity index (χ2v) is 51.9. The third kappa shape index (κ3) is 21.3. The molecule has 0 aliphatic heterocycles. The first-order valence-electron chi connectivity index (χ1n) is 16.5. The van der Waals surface area contributed by atoms with Crippen LogP contribution in [-0.2, 0) is 34.3 Å². The lowest BCUT2D eigenvalue weighted by molar-refractivity contribution is -0.136. The first-order chi connectivity index (χ1) is 20.1. The SMILES string of the molecule is C[Si](C)(C)O[Si](CCCC(C(=O)O)=C(CCC[Si](O[Si](C)(C)C)(O[Si](C)(C)C)O[Si](C)(C)C)C(=O)O)(O[Si](C)(C)C)O[Si](C)(C)C. The van der Waals surface area contributed by atoms with Gasteiger partial charge in [-0.25, -0.2) is 9.59 Å². The summed E-state index contributed by atoms with van der Waals surface area (Å²) < 4.78 is 40.5. The first kappa shape index (κ1) is 46.2. The van der Waals surface area contributed by atoms with Gasteiger partial charge in [0.2, 0.25) is 0 Å². The Morgan fingerprint density at radius 3 is 0.696 bits per heavy atom. The number of rotatable bonds is 22. The van der Waals surface area contributed by atoms with E-state index in [1.807, 2.05) is 0 Å². The molecule has 46 heavy (non-hydrogen) atoms. The molecule has 0 aromatic rings. The quantitative estimate of drug-likeness (QED) is 0.0810. The van der Waals surface area contributed by atoms with Crippen LogP contribution in [0.5, 0.6) is 0 Å². The predicted molar refractivity (Wildman–Crippen MR) is 208 cm³/mol. The molecule has 272 valence electrons.